The molecule has 4 heteroatoms. The van der Waals surface area contributed by atoms with Gasteiger partial charge < -0.3 is 0 Å². The Morgan fingerprint density at radius 3 is 2.05 bits per heavy atom. The number of rotatable bonds is 2. The van der Waals surface area contributed by atoms with Gasteiger partial charge in [0.05, 0.1) is 9.26 Å². The van der Waals surface area contributed by atoms with Crippen molar-refractivity contribution < 1.29 is 0 Å². The van der Waals surface area contributed by atoms with E-state index in [2.05, 4.69) is 22.6 Å². The highest BCUT2D eigenvalue weighted by Gasteiger charge is 2.53. The Bertz CT molecular complexity index is 576. The Balaban J connectivity index is 1.61. The van der Waals surface area contributed by atoms with E-state index in [1.165, 1.54) is 57.1 Å². The molecule has 5 aliphatic rings. The van der Waals surface area contributed by atoms with Crippen LogP contribution in [-0.2, 0) is 5.41 Å². The number of hydrogen-bond donors (Lipinski definition) is 0. The average Bonchev–Trinajstić information content (AvgIpc) is 3.24. The van der Waals surface area contributed by atoms with Crippen molar-refractivity contribution >= 4 is 34.2 Å². The van der Waals surface area contributed by atoms with Crippen LogP contribution >= 0.6 is 34.2 Å². The van der Waals surface area contributed by atoms with Gasteiger partial charge in [0.2, 0.25) is 0 Å². The van der Waals surface area contributed by atoms with E-state index in [9.17, 15) is 0 Å². The van der Waals surface area contributed by atoms with Gasteiger partial charge in [0.15, 0.2) is 0 Å². The summed E-state index contributed by atoms with van der Waals surface area (Å²) >= 11 is 8.81. The standard InChI is InChI=1S/C17H20ClIN2/c18-15-13(19)14(12-1-2-12)20-16(21-15)17-6-9-3-10(7-17)5-11(4-9)8-17/h9-12H,1-8H2. The predicted molar refractivity (Wildman–Crippen MR) is 91.6 cm³/mol. The van der Waals surface area contributed by atoms with Crippen LogP contribution < -0.4 is 0 Å². The molecule has 4 bridgehead atoms. The maximum atomic E-state index is 6.47. The average molecular weight is 415 g/mol. The molecule has 5 fully saturated rings. The molecule has 21 heavy (non-hydrogen) atoms. The first kappa shape index (κ1) is 13.5. The fourth-order valence-electron chi connectivity index (χ4n) is 5.68. The Hall–Kier alpha value is 0.100. The Morgan fingerprint density at radius 2 is 1.52 bits per heavy atom. The second kappa shape index (κ2) is 4.56. The molecule has 1 aromatic heterocycles. The predicted octanol–water partition coefficient (Wildman–Crippen LogP) is 5.08. The van der Waals surface area contributed by atoms with Gasteiger partial charge in [-0.3, -0.25) is 0 Å². The number of halogens is 2. The summed E-state index contributed by atoms with van der Waals surface area (Å²) in [7, 11) is 0. The van der Waals surface area contributed by atoms with Crippen molar-refractivity contribution in [3.63, 3.8) is 0 Å². The van der Waals surface area contributed by atoms with E-state index < -0.39 is 0 Å². The lowest BCUT2D eigenvalue weighted by molar-refractivity contribution is -0.00951. The van der Waals surface area contributed by atoms with Crippen LogP contribution in [0.5, 0.6) is 0 Å². The number of nitrogens with zero attached hydrogens (tertiary/aromatic N) is 2. The fourth-order valence-corrected chi connectivity index (χ4v) is 6.54. The van der Waals surface area contributed by atoms with Gasteiger partial charge in [-0.1, -0.05) is 11.6 Å². The van der Waals surface area contributed by atoms with Crippen LogP contribution in [0.4, 0.5) is 0 Å². The summed E-state index contributed by atoms with van der Waals surface area (Å²) in [5.74, 6) is 4.56. The quantitative estimate of drug-likeness (QED) is 0.498. The monoisotopic (exact) mass is 414 g/mol. The van der Waals surface area contributed by atoms with Crippen molar-refractivity contribution in [2.45, 2.75) is 62.7 Å². The van der Waals surface area contributed by atoms with E-state index in [1.54, 1.807) is 0 Å². The topological polar surface area (TPSA) is 25.8 Å². The number of hydrogen-bond acceptors (Lipinski definition) is 2. The van der Waals surface area contributed by atoms with E-state index in [4.69, 9.17) is 21.6 Å². The Labute approximate surface area is 144 Å². The molecule has 0 N–H and O–H groups in total. The second-order valence-corrected chi connectivity index (χ2v) is 9.45. The number of aromatic nitrogens is 2. The first-order valence-electron chi connectivity index (χ1n) is 8.36. The van der Waals surface area contributed by atoms with Crippen molar-refractivity contribution in [1.82, 2.24) is 9.97 Å². The summed E-state index contributed by atoms with van der Waals surface area (Å²) in [5.41, 5.74) is 1.52. The third-order valence-electron chi connectivity index (χ3n) is 6.31. The van der Waals surface area contributed by atoms with E-state index in [1.807, 2.05) is 0 Å². The molecule has 112 valence electrons. The van der Waals surface area contributed by atoms with Crippen LogP contribution in [0.1, 0.15) is 68.8 Å². The molecule has 0 saturated heterocycles. The molecule has 1 heterocycles. The van der Waals surface area contributed by atoms with Crippen LogP contribution in [0.3, 0.4) is 0 Å². The van der Waals surface area contributed by atoms with Gasteiger partial charge in [0.25, 0.3) is 0 Å². The molecule has 5 aliphatic carbocycles. The zero-order valence-electron chi connectivity index (χ0n) is 12.1. The van der Waals surface area contributed by atoms with E-state index >= 15 is 0 Å². The van der Waals surface area contributed by atoms with Crippen molar-refractivity contribution in [2.24, 2.45) is 17.8 Å². The van der Waals surface area contributed by atoms with Gasteiger partial charge in [-0.25, -0.2) is 9.97 Å². The lowest BCUT2D eigenvalue weighted by Crippen LogP contribution is -2.49. The van der Waals surface area contributed by atoms with Crippen LogP contribution in [0.15, 0.2) is 0 Å². The molecule has 2 nitrogen and oxygen atoms in total. The summed E-state index contributed by atoms with van der Waals surface area (Å²) in [5, 5.41) is 0.707. The lowest BCUT2D eigenvalue weighted by Gasteiger charge is -2.56. The van der Waals surface area contributed by atoms with Crippen LogP contribution in [-0.4, -0.2) is 9.97 Å². The maximum Gasteiger partial charge on any atom is 0.146 e. The Morgan fingerprint density at radius 1 is 0.952 bits per heavy atom. The lowest BCUT2D eigenvalue weighted by atomic mass is 9.49. The van der Waals surface area contributed by atoms with E-state index in [-0.39, 0.29) is 5.41 Å². The summed E-state index contributed by atoms with van der Waals surface area (Å²) in [6.45, 7) is 0. The first-order valence-corrected chi connectivity index (χ1v) is 9.82. The maximum absolute atomic E-state index is 6.47. The smallest absolute Gasteiger partial charge is 0.146 e. The van der Waals surface area contributed by atoms with Crippen LogP contribution in [0.2, 0.25) is 5.15 Å². The summed E-state index contributed by atoms with van der Waals surface area (Å²) in [4.78, 5) is 9.86. The molecule has 0 unspecified atom stereocenters. The molecule has 0 amide bonds. The summed E-state index contributed by atoms with van der Waals surface area (Å²) in [6.07, 6.45) is 10.9. The van der Waals surface area contributed by atoms with E-state index in [0.29, 0.717) is 11.1 Å². The highest BCUT2D eigenvalue weighted by atomic mass is 127. The Kier molecular flexibility index (Phi) is 2.94. The summed E-state index contributed by atoms with van der Waals surface area (Å²) in [6, 6.07) is 0. The molecule has 0 spiro atoms. The van der Waals surface area contributed by atoms with Crippen LogP contribution in [0.25, 0.3) is 0 Å². The third-order valence-corrected chi connectivity index (χ3v) is 7.97. The van der Waals surface area contributed by atoms with Gasteiger partial charge in [-0.2, -0.15) is 0 Å². The highest BCUT2D eigenvalue weighted by molar-refractivity contribution is 14.1. The zero-order valence-corrected chi connectivity index (χ0v) is 15.0. The molecule has 0 aliphatic heterocycles. The minimum atomic E-state index is 0.270. The molecule has 5 saturated carbocycles. The van der Waals surface area contributed by atoms with Crippen molar-refractivity contribution in [1.29, 1.82) is 0 Å². The minimum absolute atomic E-state index is 0.270. The molecule has 0 atom stereocenters. The van der Waals surface area contributed by atoms with Crippen molar-refractivity contribution in [3.05, 3.63) is 20.2 Å². The SMILES string of the molecule is Clc1nc(C23CC4CC(CC(C4)C2)C3)nc(C2CC2)c1I. The van der Waals surface area contributed by atoms with Crippen molar-refractivity contribution in [2.75, 3.05) is 0 Å². The molecular weight excluding hydrogens is 395 g/mol. The van der Waals surface area contributed by atoms with Gasteiger partial charge >= 0.3 is 0 Å². The normalized spacial score (nSPS) is 40.8. The highest BCUT2D eigenvalue weighted by Crippen LogP contribution is 2.60. The van der Waals surface area contributed by atoms with Gasteiger partial charge in [-0.05, 0) is 91.7 Å². The van der Waals surface area contributed by atoms with Crippen LogP contribution in [0, 0.1) is 21.3 Å². The molecule has 6 rings (SSSR count). The molecule has 1 aromatic rings. The summed E-state index contributed by atoms with van der Waals surface area (Å²) < 4.78 is 1.10. The molecule has 0 radical (unpaired) electrons. The third kappa shape index (κ3) is 2.09. The fraction of sp³-hybridized carbons (Fsp3) is 0.765. The van der Waals surface area contributed by atoms with Gasteiger partial charge in [0, 0.05) is 11.3 Å². The first-order chi connectivity index (χ1) is 10.1. The minimum Gasteiger partial charge on any atom is -0.236 e. The second-order valence-electron chi connectivity index (χ2n) is 8.01. The van der Waals surface area contributed by atoms with E-state index in [0.717, 1.165) is 27.1 Å². The molecule has 0 aromatic carbocycles. The zero-order chi connectivity index (χ0) is 14.2. The van der Waals surface area contributed by atoms with Crippen molar-refractivity contribution in [3.8, 4) is 0 Å². The van der Waals surface area contributed by atoms with Gasteiger partial charge in [-0.15, -0.1) is 0 Å². The van der Waals surface area contributed by atoms with Gasteiger partial charge in [0.1, 0.15) is 11.0 Å². The molecular formula is C17H20ClIN2. The largest absolute Gasteiger partial charge is 0.236 e.